The molecular formula is C13H8ClF3N2O. The van der Waals surface area contributed by atoms with Crippen LogP contribution < -0.4 is 5.32 Å². The minimum atomic E-state index is -4.47. The topological polar surface area (TPSA) is 49.0 Å². The van der Waals surface area contributed by atoms with Gasteiger partial charge in [-0.25, -0.2) is 0 Å². The summed E-state index contributed by atoms with van der Waals surface area (Å²) in [5.41, 5.74) is -0.647. The first kappa shape index (κ1) is 14.3. The summed E-state index contributed by atoms with van der Waals surface area (Å²) in [5.74, 6) is 0.513. The lowest BCUT2D eigenvalue weighted by Gasteiger charge is -2.10. The van der Waals surface area contributed by atoms with Gasteiger partial charge in [0.2, 0.25) is 0 Å². The summed E-state index contributed by atoms with van der Waals surface area (Å²) in [4.78, 5) is 0. The highest BCUT2D eigenvalue weighted by molar-refractivity contribution is 6.28. The van der Waals surface area contributed by atoms with Crippen molar-refractivity contribution < 1.29 is 17.6 Å². The summed E-state index contributed by atoms with van der Waals surface area (Å²) in [5, 5.41) is 12.0. The van der Waals surface area contributed by atoms with Crippen molar-refractivity contribution in [2.45, 2.75) is 12.7 Å². The number of benzene rings is 1. The van der Waals surface area contributed by atoms with Crippen molar-refractivity contribution in [2.24, 2.45) is 0 Å². The highest BCUT2D eigenvalue weighted by atomic mass is 35.5. The zero-order chi connectivity index (χ0) is 14.8. The van der Waals surface area contributed by atoms with E-state index in [0.29, 0.717) is 11.4 Å². The lowest BCUT2D eigenvalue weighted by molar-refractivity contribution is -0.137. The maximum Gasteiger partial charge on any atom is 0.416 e. The third-order valence-corrected chi connectivity index (χ3v) is 2.75. The molecule has 104 valence electrons. The molecule has 1 aromatic carbocycles. The number of hydrogen-bond acceptors (Lipinski definition) is 3. The largest absolute Gasteiger partial charge is 0.448 e. The number of rotatable bonds is 3. The van der Waals surface area contributed by atoms with Gasteiger partial charge in [0.05, 0.1) is 23.4 Å². The molecule has 0 spiro atoms. The predicted molar refractivity (Wildman–Crippen MR) is 67.2 cm³/mol. The molecule has 0 saturated carbocycles. The van der Waals surface area contributed by atoms with Crippen molar-refractivity contribution in [3.05, 3.63) is 52.4 Å². The Kier molecular flexibility index (Phi) is 3.91. The molecule has 20 heavy (non-hydrogen) atoms. The van der Waals surface area contributed by atoms with Crippen LogP contribution in [-0.4, -0.2) is 0 Å². The van der Waals surface area contributed by atoms with Crippen LogP contribution in [0.4, 0.5) is 18.9 Å². The van der Waals surface area contributed by atoms with Gasteiger partial charge in [0, 0.05) is 0 Å². The SMILES string of the molecule is N#Cc1cc(C(F)(F)F)ccc1NCc1ccc(Cl)o1. The summed E-state index contributed by atoms with van der Waals surface area (Å²) in [6.07, 6.45) is -4.47. The van der Waals surface area contributed by atoms with Crippen molar-refractivity contribution in [1.29, 1.82) is 5.26 Å². The first-order chi connectivity index (χ1) is 9.40. The molecule has 0 atom stereocenters. The van der Waals surface area contributed by atoms with E-state index in [1.54, 1.807) is 18.2 Å². The molecular weight excluding hydrogens is 293 g/mol. The molecule has 0 fully saturated rings. The number of anilines is 1. The molecule has 0 aliphatic heterocycles. The van der Waals surface area contributed by atoms with Gasteiger partial charge in [-0.15, -0.1) is 0 Å². The van der Waals surface area contributed by atoms with E-state index in [9.17, 15) is 13.2 Å². The fourth-order valence-electron chi connectivity index (χ4n) is 1.60. The van der Waals surface area contributed by atoms with Crippen LogP contribution in [0.5, 0.6) is 0 Å². The van der Waals surface area contributed by atoms with Crippen LogP contribution in [0.25, 0.3) is 0 Å². The normalized spacial score (nSPS) is 11.2. The monoisotopic (exact) mass is 300 g/mol. The van der Waals surface area contributed by atoms with Crippen molar-refractivity contribution in [1.82, 2.24) is 0 Å². The Hall–Kier alpha value is -2.13. The Balaban J connectivity index is 2.18. The van der Waals surface area contributed by atoms with Gasteiger partial charge < -0.3 is 9.73 Å². The highest BCUT2D eigenvalue weighted by Gasteiger charge is 2.31. The Labute approximate surface area is 117 Å². The molecule has 0 amide bonds. The molecule has 7 heteroatoms. The first-order valence-electron chi connectivity index (χ1n) is 5.49. The smallest absolute Gasteiger partial charge is 0.416 e. The standard InChI is InChI=1S/C13H8ClF3N2O/c14-12-4-2-10(20-12)7-19-11-3-1-9(13(15,16)17)5-8(11)6-18/h1-5,19H,7H2. The molecule has 0 radical (unpaired) electrons. The van der Waals surface area contributed by atoms with Gasteiger partial charge in [-0.05, 0) is 41.9 Å². The third kappa shape index (κ3) is 3.25. The number of hydrogen-bond donors (Lipinski definition) is 1. The van der Waals surface area contributed by atoms with E-state index in [4.69, 9.17) is 21.3 Å². The van der Waals surface area contributed by atoms with E-state index < -0.39 is 11.7 Å². The Morgan fingerprint density at radius 3 is 2.55 bits per heavy atom. The number of nitrogens with zero attached hydrogens (tertiary/aromatic N) is 1. The molecule has 3 nitrogen and oxygen atoms in total. The van der Waals surface area contributed by atoms with Crippen molar-refractivity contribution in [2.75, 3.05) is 5.32 Å². The molecule has 1 N–H and O–H groups in total. The fourth-order valence-corrected chi connectivity index (χ4v) is 1.76. The van der Waals surface area contributed by atoms with Gasteiger partial charge in [0.25, 0.3) is 0 Å². The molecule has 2 aromatic rings. The number of furan rings is 1. The van der Waals surface area contributed by atoms with Crippen molar-refractivity contribution >= 4 is 17.3 Å². The van der Waals surface area contributed by atoms with Crippen molar-refractivity contribution in [3.63, 3.8) is 0 Å². The van der Waals surface area contributed by atoms with Gasteiger partial charge in [-0.3, -0.25) is 0 Å². The molecule has 0 bridgehead atoms. The lowest BCUT2D eigenvalue weighted by atomic mass is 10.1. The summed E-state index contributed by atoms with van der Waals surface area (Å²) in [6.45, 7) is 0.215. The highest BCUT2D eigenvalue weighted by Crippen LogP contribution is 2.31. The average molecular weight is 301 g/mol. The van der Waals surface area contributed by atoms with Crippen molar-refractivity contribution in [3.8, 4) is 6.07 Å². The summed E-state index contributed by atoms with van der Waals surface area (Å²) in [6, 6.07) is 7.85. The van der Waals surface area contributed by atoms with E-state index in [0.717, 1.165) is 12.1 Å². The van der Waals surface area contributed by atoms with Crippen LogP contribution in [0.1, 0.15) is 16.9 Å². The summed E-state index contributed by atoms with van der Waals surface area (Å²) in [7, 11) is 0. The Morgan fingerprint density at radius 1 is 1.25 bits per heavy atom. The minimum absolute atomic E-state index is 0.0857. The molecule has 0 aliphatic carbocycles. The van der Waals surface area contributed by atoms with E-state index >= 15 is 0 Å². The van der Waals surface area contributed by atoms with Crippen LogP contribution in [-0.2, 0) is 12.7 Å². The minimum Gasteiger partial charge on any atom is -0.448 e. The maximum absolute atomic E-state index is 12.5. The number of alkyl halides is 3. The van der Waals surface area contributed by atoms with E-state index in [2.05, 4.69) is 5.32 Å². The van der Waals surface area contributed by atoms with Gasteiger partial charge in [0.1, 0.15) is 11.8 Å². The van der Waals surface area contributed by atoms with Gasteiger partial charge in [-0.1, -0.05) is 0 Å². The predicted octanol–water partition coefficient (Wildman–Crippen LogP) is 4.44. The second kappa shape index (κ2) is 5.47. The summed E-state index contributed by atoms with van der Waals surface area (Å²) >= 11 is 5.60. The average Bonchev–Trinajstić information content (AvgIpc) is 2.81. The van der Waals surface area contributed by atoms with E-state index in [1.807, 2.05) is 0 Å². The zero-order valence-electron chi connectivity index (χ0n) is 9.96. The fraction of sp³-hybridized carbons (Fsp3) is 0.154. The van der Waals surface area contributed by atoms with Crippen LogP contribution in [0.3, 0.4) is 0 Å². The van der Waals surface area contributed by atoms with Crippen LogP contribution in [0.15, 0.2) is 34.7 Å². The number of halogens is 4. The Morgan fingerprint density at radius 2 is 2.00 bits per heavy atom. The van der Waals surface area contributed by atoms with Gasteiger partial charge in [0.15, 0.2) is 5.22 Å². The maximum atomic E-state index is 12.5. The lowest BCUT2D eigenvalue weighted by Crippen LogP contribution is -2.07. The number of nitrogens with one attached hydrogen (secondary N) is 1. The molecule has 1 heterocycles. The first-order valence-corrected chi connectivity index (χ1v) is 5.87. The van der Waals surface area contributed by atoms with Gasteiger partial charge in [-0.2, -0.15) is 18.4 Å². The van der Waals surface area contributed by atoms with E-state index in [1.165, 1.54) is 6.07 Å². The quantitative estimate of drug-likeness (QED) is 0.912. The van der Waals surface area contributed by atoms with Crippen LogP contribution in [0, 0.1) is 11.3 Å². The second-order valence-electron chi connectivity index (χ2n) is 3.93. The van der Waals surface area contributed by atoms with Crippen LogP contribution >= 0.6 is 11.6 Å². The number of nitriles is 1. The molecule has 0 saturated heterocycles. The molecule has 1 aromatic heterocycles. The zero-order valence-corrected chi connectivity index (χ0v) is 10.7. The Bertz CT molecular complexity index is 658. The van der Waals surface area contributed by atoms with Gasteiger partial charge >= 0.3 is 6.18 Å². The molecule has 0 unspecified atom stereocenters. The van der Waals surface area contributed by atoms with E-state index in [-0.39, 0.29) is 17.3 Å². The summed E-state index contributed by atoms with van der Waals surface area (Å²) < 4.78 is 42.7. The molecule has 0 aliphatic rings. The second-order valence-corrected chi connectivity index (χ2v) is 4.30. The third-order valence-electron chi connectivity index (χ3n) is 2.55. The van der Waals surface area contributed by atoms with Crippen LogP contribution in [0.2, 0.25) is 5.22 Å². The molecule has 2 rings (SSSR count).